The molecular formula is C13H12N2O3. The topological polar surface area (TPSA) is 65.1 Å². The summed E-state index contributed by atoms with van der Waals surface area (Å²) in [5.74, 6) is 0. The molecule has 1 aromatic heterocycles. The van der Waals surface area contributed by atoms with Gasteiger partial charge in [0.1, 0.15) is 0 Å². The van der Waals surface area contributed by atoms with Crippen molar-refractivity contribution in [1.29, 1.82) is 0 Å². The van der Waals surface area contributed by atoms with E-state index in [2.05, 4.69) is 6.58 Å². The fourth-order valence-corrected chi connectivity index (χ4v) is 1.84. The largest absolute Gasteiger partial charge is 0.304 e. The molecule has 5 nitrogen and oxygen atoms in total. The molecule has 2 aromatic rings. The summed E-state index contributed by atoms with van der Waals surface area (Å²) in [4.78, 5) is 22.0. The molecule has 2 rings (SSSR count). The van der Waals surface area contributed by atoms with Gasteiger partial charge in [-0.3, -0.25) is 14.9 Å². The van der Waals surface area contributed by atoms with Crippen LogP contribution in [0.25, 0.3) is 10.9 Å². The van der Waals surface area contributed by atoms with Gasteiger partial charge < -0.3 is 4.57 Å². The normalized spacial score (nSPS) is 10.5. The third-order valence-electron chi connectivity index (χ3n) is 2.61. The first-order valence-corrected chi connectivity index (χ1v) is 5.41. The third kappa shape index (κ3) is 2.15. The summed E-state index contributed by atoms with van der Waals surface area (Å²) in [6.07, 6.45) is 0. The number of non-ortho nitro benzene ring substituents is 1. The van der Waals surface area contributed by atoms with Gasteiger partial charge in [-0.2, -0.15) is 0 Å². The predicted molar refractivity (Wildman–Crippen MR) is 69.7 cm³/mol. The van der Waals surface area contributed by atoms with Crippen LogP contribution in [0.4, 0.5) is 5.69 Å². The minimum absolute atomic E-state index is 0.0167. The maximum absolute atomic E-state index is 11.8. The Morgan fingerprint density at radius 2 is 2.11 bits per heavy atom. The van der Waals surface area contributed by atoms with Crippen molar-refractivity contribution in [3.05, 3.63) is 63.0 Å². The number of aromatic nitrogens is 1. The lowest BCUT2D eigenvalue weighted by molar-refractivity contribution is -0.384. The molecule has 5 heteroatoms. The van der Waals surface area contributed by atoms with E-state index in [1.165, 1.54) is 18.2 Å². The van der Waals surface area contributed by atoms with Crippen molar-refractivity contribution in [1.82, 2.24) is 4.57 Å². The van der Waals surface area contributed by atoms with Gasteiger partial charge in [-0.1, -0.05) is 12.2 Å². The molecule has 92 valence electrons. The minimum Gasteiger partial charge on any atom is -0.304 e. The van der Waals surface area contributed by atoms with Crippen LogP contribution >= 0.6 is 0 Å². The number of allylic oxidation sites excluding steroid dienone is 1. The molecular weight excluding hydrogens is 232 g/mol. The Morgan fingerprint density at radius 3 is 2.72 bits per heavy atom. The molecule has 0 aliphatic carbocycles. The maximum atomic E-state index is 11.8. The smallest absolute Gasteiger partial charge is 0.270 e. The molecule has 0 spiro atoms. The van der Waals surface area contributed by atoms with Crippen LogP contribution < -0.4 is 5.56 Å². The summed E-state index contributed by atoms with van der Waals surface area (Å²) in [6, 6.07) is 7.47. The highest BCUT2D eigenvalue weighted by molar-refractivity contribution is 5.81. The zero-order valence-electron chi connectivity index (χ0n) is 9.92. The molecule has 0 aliphatic rings. The summed E-state index contributed by atoms with van der Waals surface area (Å²) in [7, 11) is 0. The van der Waals surface area contributed by atoms with Gasteiger partial charge in [-0.25, -0.2) is 0 Å². The maximum Gasteiger partial charge on any atom is 0.270 e. The number of hydrogen-bond acceptors (Lipinski definition) is 3. The molecule has 0 saturated heterocycles. The zero-order chi connectivity index (χ0) is 13.3. The van der Waals surface area contributed by atoms with Crippen LogP contribution in [0.5, 0.6) is 0 Å². The van der Waals surface area contributed by atoms with E-state index in [9.17, 15) is 14.9 Å². The molecule has 0 bridgehead atoms. The Balaban J connectivity index is 2.70. The lowest BCUT2D eigenvalue weighted by atomic mass is 10.2. The number of benzene rings is 1. The monoisotopic (exact) mass is 244 g/mol. The highest BCUT2D eigenvalue weighted by atomic mass is 16.6. The molecule has 0 atom stereocenters. The van der Waals surface area contributed by atoms with Crippen LogP contribution in [0.15, 0.2) is 47.3 Å². The summed E-state index contributed by atoms with van der Waals surface area (Å²) in [6.45, 7) is 6.02. The molecule has 0 aliphatic heterocycles. The van der Waals surface area contributed by atoms with Gasteiger partial charge in [0.05, 0.1) is 10.4 Å². The Hall–Kier alpha value is -2.43. The molecule has 0 unspecified atom stereocenters. The fraction of sp³-hybridized carbons (Fsp3) is 0.154. The number of nitrogens with zero attached hydrogens (tertiary/aromatic N) is 2. The van der Waals surface area contributed by atoms with Crippen LogP contribution in [0.1, 0.15) is 6.92 Å². The average Bonchev–Trinajstić information content (AvgIpc) is 2.31. The molecule has 18 heavy (non-hydrogen) atoms. The van der Waals surface area contributed by atoms with Crippen molar-refractivity contribution in [3.63, 3.8) is 0 Å². The van der Waals surface area contributed by atoms with E-state index in [-0.39, 0.29) is 11.2 Å². The minimum atomic E-state index is -0.451. The van der Waals surface area contributed by atoms with Crippen LogP contribution in [-0.2, 0) is 6.54 Å². The molecule has 0 radical (unpaired) electrons. The lowest BCUT2D eigenvalue weighted by Gasteiger charge is -2.09. The second-order valence-electron chi connectivity index (χ2n) is 4.22. The van der Waals surface area contributed by atoms with Crippen molar-refractivity contribution >= 4 is 16.6 Å². The molecule has 0 N–H and O–H groups in total. The second kappa shape index (κ2) is 4.44. The van der Waals surface area contributed by atoms with Crippen molar-refractivity contribution in [2.75, 3.05) is 0 Å². The summed E-state index contributed by atoms with van der Waals surface area (Å²) >= 11 is 0. The van der Waals surface area contributed by atoms with Crippen LogP contribution in [-0.4, -0.2) is 9.49 Å². The fourth-order valence-electron chi connectivity index (χ4n) is 1.84. The predicted octanol–water partition coefficient (Wildman–Crippen LogP) is 2.49. The van der Waals surface area contributed by atoms with Gasteiger partial charge in [0.15, 0.2) is 0 Å². The Kier molecular flexibility index (Phi) is 2.97. The van der Waals surface area contributed by atoms with Gasteiger partial charge in [0.25, 0.3) is 11.2 Å². The SMILES string of the molecule is C=C(C)Cn1c(=O)ccc2cc([N+](=O)[O-])ccc21. The average molecular weight is 244 g/mol. The molecule has 0 fully saturated rings. The van der Waals surface area contributed by atoms with Crippen molar-refractivity contribution in [3.8, 4) is 0 Å². The van der Waals surface area contributed by atoms with E-state index >= 15 is 0 Å². The number of nitro groups is 1. The highest BCUT2D eigenvalue weighted by Gasteiger charge is 2.09. The van der Waals surface area contributed by atoms with Gasteiger partial charge >= 0.3 is 0 Å². The van der Waals surface area contributed by atoms with Gasteiger partial charge in [-0.05, 0) is 19.1 Å². The third-order valence-corrected chi connectivity index (χ3v) is 2.61. The molecule has 0 saturated carbocycles. The van der Waals surface area contributed by atoms with Crippen molar-refractivity contribution in [2.45, 2.75) is 13.5 Å². The standard InChI is InChI=1S/C13H12N2O3/c1-9(2)8-14-12-5-4-11(15(17)18)7-10(12)3-6-13(14)16/h3-7H,1,8H2,2H3. The Morgan fingerprint density at radius 1 is 1.39 bits per heavy atom. The number of fused-ring (bicyclic) bond motifs is 1. The first-order chi connectivity index (χ1) is 8.49. The van der Waals surface area contributed by atoms with E-state index in [1.54, 1.807) is 16.7 Å². The Labute approximate surface area is 103 Å². The summed E-state index contributed by atoms with van der Waals surface area (Å²) in [5.41, 5.74) is 1.40. The quantitative estimate of drug-likeness (QED) is 0.473. The first kappa shape index (κ1) is 12.0. The molecule has 1 heterocycles. The summed E-state index contributed by atoms with van der Waals surface area (Å²) < 4.78 is 1.56. The van der Waals surface area contributed by atoms with E-state index in [0.717, 1.165) is 5.57 Å². The van der Waals surface area contributed by atoms with E-state index < -0.39 is 4.92 Å². The number of nitro benzene ring substituents is 1. The second-order valence-corrected chi connectivity index (χ2v) is 4.22. The Bertz CT molecular complexity index is 701. The van der Waals surface area contributed by atoms with Crippen molar-refractivity contribution < 1.29 is 4.92 Å². The van der Waals surface area contributed by atoms with E-state index in [4.69, 9.17) is 0 Å². The lowest BCUT2D eigenvalue weighted by Crippen LogP contribution is -2.19. The van der Waals surface area contributed by atoms with Crippen LogP contribution in [0.3, 0.4) is 0 Å². The van der Waals surface area contributed by atoms with Crippen molar-refractivity contribution in [2.24, 2.45) is 0 Å². The van der Waals surface area contributed by atoms with Gasteiger partial charge in [-0.15, -0.1) is 0 Å². The number of pyridine rings is 1. The molecule has 1 aromatic carbocycles. The molecule has 0 amide bonds. The van der Waals surface area contributed by atoms with Crippen LogP contribution in [0, 0.1) is 10.1 Å². The van der Waals surface area contributed by atoms with E-state index in [1.807, 2.05) is 6.92 Å². The number of hydrogen-bond donors (Lipinski definition) is 0. The summed E-state index contributed by atoms with van der Waals surface area (Å²) in [5, 5.41) is 11.4. The highest BCUT2D eigenvalue weighted by Crippen LogP contribution is 2.19. The number of rotatable bonds is 3. The van der Waals surface area contributed by atoms with Gasteiger partial charge in [0.2, 0.25) is 0 Å². The van der Waals surface area contributed by atoms with E-state index in [0.29, 0.717) is 17.4 Å². The van der Waals surface area contributed by atoms with Gasteiger partial charge in [0, 0.05) is 30.1 Å². The zero-order valence-corrected chi connectivity index (χ0v) is 9.92. The van der Waals surface area contributed by atoms with Crippen LogP contribution in [0.2, 0.25) is 0 Å². The first-order valence-electron chi connectivity index (χ1n) is 5.41.